The second-order valence-corrected chi connectivity index (χ2v) is 9.05. The summed E-state index contributed by atoms with van der Waals surface area (Å²) in [5.74, 6) is -0.141. The molecule has 0 atom stereocenters. The van der Waals surface area contributed by atoms with Gasteiger partial charge in [-0.15, -0.1) is 11.3 Å². The summed E-state index contributed by atoms with van der Waals surface area (Å²) in [6.45, 7) is 0. The van der Waals surface area contributed by atoms with Crippen molar-refractivity contribution in [2.45, 2.75) is 0 Å². The van der Waals surface area contributed by atoms with Gasteiger partial charge in [-0.2, -0.15) is 0 Å². The molecule has 0 saturated heterocycles. The molecule has 0 aliphatic rings. The summed E-state index contributed by atoms with van der Waals surface area (Å²) in [5.41, 5.74) is 3.84. The molecule has 4 nitrogen and oxygen atoms in total. The van der Waals surface area contributed by atoms with Crippen molar-refractivity contribution >= 4 is 67.7 Å². The predicted octanol–water partition coefficient (Wildman–Crippen LogP) is 8.27. The number of halogens is 2. The summed E-state index contributed by atoms with van der Waals surface area (Å²) >= 11 is 13.8. The molecule has 0 saturated carbocycles. The summed E-state index contributed by atoms with van der Waals surface area (Å²) in [7, 11) is 0. The van der Waals surface area contributed by atoms with E-state index in [0.29, 0.717) is 26.4 Å². The monoisotopic (exact) mass is 489 g/mol. The van der Waals surface area contributed by atoms with Gasteiger partial charge in [-0.05, 0) is 47.2 Å². The van der Waals surface area contributed by atoms with E-state index in [-0.39, 0.29) is 5.91 Å². The standard InChI is InChI=1S/C26H17Cl2N3OS/c27-18-10-13-22(28)23(14-18)30-26-31-24(15-33-26)17-8-11-19(12-9-17)29-25(32)21-7-3-5-16-4-1-2-6-20(16)21/h1-15H,(H,29,32)(H,30,31). The van der Waals surface area contributed by atoms with Crippen LogP contribution in [-0.4, -0.2) is 10.9 Å². The van der Waals surface area contributed by atoms with Crippen LogP contribution in [0.1, 0.15) is 10.4 Å². The minimum Gasteiger partial charge on any atom is -0.330 e. The smallest absolute Gasteiger partial charge is 0.256 e. The Morgan fingerprint density at radius 3 is 2.52 bits per heavy atom. The number of fused-ring (bicyclic) bond motifs is 1. The number of nitrogens with zero attached hydrogens (tertiary/aromatic N) is 1. The molecule has 0 unspecified atom stereocenters. The Labute approximate surface area is 204 Å². The summed E-state index contributed by atoms with van der Waals surface area (Å²) < 4.78 is 0. The lowest BCUT2D eigenvalue weighted by Gasteiger charge is -2.09. The molecule has 1 aromatic heterocycles. The highest BCUT2D eigenvalue weighted by Gasteiger charge is 2.11. The van der Waals surface area contributed by atoms with Gasteiger partial charge in [0.25, 0.3) is 5.91 Å². The van der Waals surface area contributed by atoms with Crippen molar-refractivity contribution in [3.63, 3.8) is 0 Å². The summed E-state index contributed by atoms with van der Waals surface area (Å²) in [4.78, 5) is 17.5. The highest BCUT2D eigenvalue weighted by atomic mass is 35.5. The molecule has 7 heteroatoms. The number of amides is 1. The van der Waals surface area contributed by atoms with Crippen LogP contribution in [0, 0.1) is 0 Å². The fourth-order valence-corrected chi connectivity index (χ4v) is 4.59. The molecule has 0 fully saturated rings. The van der Waals surface area contributed by atoms with Crippen LogP contribution < -0.4 is 10.6 Å². The fraction of sp³-hybridized carbons (Fsp3) is 0. The summed E-state index contributed by atoms with van der Waals surface area (Å²) in [6, 6.07) is 26.4. The molecule has 33 heavy (non-hydrogen) atoms. The van der Waals surface area contributed by atoms with E-state index in [0.717, 1.165) is 27.7 Å². The molecule has 4 aromatic carbocycles. The average molecular weight is 490 g/mol. The Balaban J connectivity index is 1.31. The van der Waals surface area contributed by atoms with Crippen molar-refractivity contribution in [1.82, 2.24) is 4.98 Å². The normalized spacial score (nSPS) is 10.8. The number of rotatable bonds is 5. The lowest BCUT2D eigenvalue weighted by Crippen LogP contribution is -2.12. The lowest BCUT2D eigenvalue weighted by molar-refractivity contribution is 0.102. The maximum Gasteiger partial charge on any atom is 0.256 e. The third kappa shape index (κ3) is 4.71. The fourth-order valence-electron chi connectivity index (χ4n) is 3.52. The molecular weight excluding hydrogens is 473 g/mol. The molecule has 0 bridgehead atoms. The Morgan fingerprint density at radius 1 is 0.879 bits per heavy atom. The molecule has 162 valence electrons. The number of hydrogen-bond acceptors (Lipinski definition) is 4. The highest BCUT2D eigenvalue weighted by molar-refractivity contribution is 7.14. The van der Waals surface area contributed by atoms with Crippen LogP contribution in [0.2, 0.25) is 10.0 Å². The maximum atomic E-state index is 12.9. The molecule has 0 spiro atoms. The zero-order chi connectivity index (χ0) is 22.8. The van der Waals surface area contributed by atoms with E-state index >= 15 is 0 Å². The molecule has 5 aromatic rings. The van der Waals surface area contributed by atoms with Gasteiger partial charge in [-0.1, -0.05) is 71.7 Å². The van der Waals surface area contributed by atoms with Crippen LogP contribution in [0.4, 0.5) is 16.5 Å². The zero-order valence-electron chi connectivity index (χ0n) is 17.2. The van der Waals surface area contributed by atoms with Crippen molar-refractivity contribution in [2.24, 2.45) is 0 Å². The van der Waals surface area contributed by atoms with Gasteiger partial charge in [0.15, 0.2) is 5.13 Å². The second-order valence-electron chi connectivity index (χ2n) is 7.35. The van der Waals surface area contributed by atoms with Crippen molar-refractivity contribution in [3.8, 4) is 11.3 Å². The first-order valence-electron chi connectivity index (χ1n) is 10.1. The molecule has 1 heterocycles. The molecule has 2 N–H and O–H groups in total. The Kier molecular flexibility index (Phi) is 6.01. The summed E-state index contributed by atoms with van der Waals surface area (Å²) in [5, 5.41) is 12.0. The Morgan fingerprint density at radius 2 is 1.67 bits per heavy atom. The molecular formula is C26H17Cl2N3OS. The molecule has 0 aliphatic carbocycles. The minimum absolute atomic E-state index is 0.141. The first kappa shape index (κ1) is 21.5. The van der Waals surface area contributed by atoms with Crippen LogP contribution in [0.5, 0.6) is 0 Å². The number of anilines is 3. The third-order valence-electron chi connectivity index (χ3n) is 5.15. The van der Waals surface area contributed by atoms with Crippen LogP contribution in [0.15, 0.2) is 90.3 Å². The highest BCUT2D eigenvalue weighted by Crippen LogP contribution is 2.32. The van der Waals surface area contributed by atoms with Gasteiger partial charge in [-0.3, -0.25) is 4.79 Å². The van der Waals surface area contributed by atoms with Gasteiger partial charge in [0.2, 0.25) is 0 Å². The Hall–Kier alpha value is -3.38. The number of thiazole rings is 1. The van der Waals surface area contributed by atoms with Crippen molar-refractivity contribution in [1.29, 1.82) is 0 Å². The van der Waals surface area contributed by atoms with Gasteiger partial charge in [-0.25, -0.2) is 4.98 Å². The molecule has 5 rings (SSSR count). The topological polar surface area (TPSA) is 54.0 Å². The molecule has 1 amide bonds. The number of carbonyl (C=O) groups excluding carboxylic acids is 1. The van der Waals surface area contributed by atoms with Gasteiger partial charge < -0.3 is 10.6 Å². The van der Waals surface area contributed by atoms with Crippen LogP contribution in [0.3, 0.4) is 0 Å². The van der Waals surface area contributed by atoms with Gasteiger partial charge in [0, 0.05) is 27.2 Å². The van der Waals surface area contributed by atoms with Gasteiger partial charge >= 0.3 is 0 Å². The number of hydrogen-bond donors (Lipinski definition) is 2. The third-order valence-corrected chi connectivity index (χ3v) is 6.47. The van der Waals surface area contributed by atoms with E-state index < -0.39 is 0 Å². The SMILES string of the molecule is O=C(Nc1ccc(-c2csc(Nc3cc(Cl)ccc3Cl)n2)cc1)c1cccc2ccccc12. The maximum absolute atomic E-state index is 12.9. The zero-order valence-corrected chi connectivity index (χ0v) is 19.5. The summed E-state index contributed by atoms with van der Waals surface area (Å²) in [6.07, 6.45) is 0. The predicted molar refractivity (Wildman–Crippen MR) is 139 cm³/mol. The van der Waals surface area contributed by atoms with Crippen molar-refractivity contribution in [2.75, 3.05) is 10.6 Å². The first-order valence-corrected chi connectivity index (χ1v) is 11.8. The largest absolute Gasteiger partial charge is 0.330 e. The van der Waals surface area contributed by atoms with Crippen LogP contribution in [0.25, 0.3) is 22.0 Å². The second kappa shape index (κ2) is 9.24. The van der Waals surface area contributed by atoms with E-state index in [1.807, 2.05) is 72.1 Å². The Bertz CT molecular complexity index is 1460. The van der Waals surface area contributed by atoms with Crippen molar-refractivity contribution < 1.29 is 4.79 Å². The van der Waals surface area contributed by atoms with E-state index in [4.69, 9.17) is 23.2 Å². The number of aromatic nitrogens is 1. The average Bonchev–Trinajstić information content (AvgIpc) is 3.30. The minimum atomic E-state index is -0.141. The number of benzene rings is 4. The first-order chi connectivity index (χ1) is 16.1. The van der Waals surface area contributed by atoms with Crippen LogP contribution in [-0.2, 0) is 0 Å². The van der Waals surface area contributed by atoms with Gasteiger partial charge in [0.05, 0.1) is 16.4 Å². The van der Waals surface area contributed by atoms with Gasteiger partial charge in [0.1, 0.15) is 0 Å². The van der Waals surface area contributed by atoms with Crippen molar-refractivity contribution in [3.05, 3.63) is 106 Å². The lowest BCUT2D eigenvalue weighted by atomic mass is 10.0. The van der Waals surface area contributed by atoms with E-state index in [1.54, 1.807) is 18.2 Å². The van der Waals surface area contributed by atoms with E-state index in [9.17, 15) is 4.79 Å². The van der Waals surface area contributed by atoms with Crippen LogP contribution >= 0.6 is 34.5 Å². The number of carbonyl (C=O) groups is 1. The number of nitrogens with one attached hydrogen (secondary N) is 2. The van der Waals surface area contributed by atoms with E-state index in [2.05, 4.69) is 15.6 Å². The van der Waals surface area contributed by atoms with E-state index in [1.165, 1.54) is 11.3 Å². The molecule has 0 radical (unpaired) electrons. The molecule has 0 aliphatic heterocycles. The quantitative estimate of drug-likeness (QED) is 0.261.